The van der Waals surface area contributed by atoms with Gasteiger partial charge in [0.1, 0.15) is 6.10 Å². The number of benzene rings is 1. The lowest BCUT2D eigenvalue weighted by molar-refractivity contribution is 0.124. The van der Waals surface area contributed by atoms with Crippen LogP contribution in [0.1, 0.15) is 32.1 Å². The summed E-state index contributed by atoms with van der Waals surface area (Å²) in [4.78, 5) is 0. The quantitative estimate of drug-likeness (QED) is 0.859. The molecule has 2 atom stereocenters. The predicted octanol–water partition coefficient (Wildman–Crippen LogP) is 3.87. The lowest BCUT2D eigenvalue weighted by Gasteiger charge is -2.25. The summed E-state index contributed by atoms with van der Waals surface area (Å²) in [6.45, 7) is 0.614. The van der Waals surface area contributed by atoms with Crippen molar-refractivity contribution in [2.75, 3.05) is 6.54 Å². The van der Waals surface area contributed by atoms with Crippen molar-refractivity contribution in [3.05, 3.63) is 28.5 Å². The van der Waals surface area contributed by atoms with Gasteiger partial charge >= 0.3 is 0 Å². The van der Waals surface area contributed by atoms with Crippen molar-refractivity contribution in [2.45, 2.75) is 38.2 Å². The first-order chi connectivity index (χ1) is 8.70. The Morgan fingerprint density at radius 2 is 2.06 bits per heavy atom. The summed E-state index contributed by atoms with van der Waals surface area (Å²) in [7, 11) is 0. The largest absolute Gasteiger partial charge is 0.487 e. The van der Waals surface area contributed by atoms with Gasteiger partial charge in [-0.3, -0.25) is 0 Å². The van der Waals surface area contributed by atoms with Crippen molar-refractivity contribution in [3.8, 4) is 5.75 Å². The Labute approximate surface area is 116 Å². The van der Waals surface area contributed by atoms with Crippen molar-refractivity contribution < 1.29 is 9.13 Å². The van der Waals surface area contributed by atoms with E-state index in [1.165, 1.54) is 18.9 Å². The second-order valence-corrected chi connectivity index (χ2v) is 5.78. The van der Waals surface area contributed by atoms with Gasteiger partial charge in [0.15, 0.2) is 11.6 Å². The summed E-state index contributed by atoms with van der Waals surface area (Å²) in [5.41, 5.74) is 5.80. The van der Waals surface area contributed by atoms with Crippen molar-refractivity contribution in [1.29, 1.82) is 0 Å². The maximum Gasteiger partial charge on any atom is 0.166 e. The van der Waals surface area contributed by atoms with E-state index < -0.39 is 0 Å². The average Bonchev–Trinajstić information content (AvgIpc) is 2.57. The van der Waals surface area contributed by atoms with E-state index in [0.29, 0.717) is 18.2 Å². The van der Waals surface area contributed by atoms with Crippen molar-refractivity contribution in [3.63, 3.8) is 0 Å². The highest BCUT2D eigenvalue weighted by atomic mass is 79.9. The van der Waals surface area contributed by atoms with Gasteiger partial charge in [-0.15, -0.1) is 0 Å². The monoisotopic (exact) mass is 315 g/mol. The van der Waals surface area contributed by atoms with Crippen LogP contribution in [-0.2, 0) is 0 Å². The second kappa shape index (κ2) is 6.53. The molecule has 100 valence electrons. The van der Waals surface area contributed by atoms with Crippen LogP contribution in [0.25, 0.3) is 0 Å². The molecule has 2 N–H and O–H groups in total. The molecule has 0 aliphatic heterocycles. The molecular weight excluding hydrogens is 297 g/mol. The highest BCUT2D eigenvalue weighted by Crippen LogP contribution is 2.29. The third kappa shape index (κ3) is 3.45. The number of nitrogens with two attached hydrogens (primary N) is 1. The van der Waals surface area contributed by atoms with E-state index in [0.717, 1.165) is 23.7 Å². The van der Waals surface area contributed by atoms with E-state index in [4.69, 9.17) is 10.5 Å². The van der Waals surface area contributed by atoms with Gasteiger partial charge in [-0.1, -0.05) is 28.8 Å². The Hall–Kier alpha value is -0.610. The van der Waals surface area contributed by atoms with Crippen LogP contribution in [0, 0.1) is 11.7 Å². The summed E-state index contributed by atoms with van der Waals surface area (Å²) in [6, 6.07) is 4.91. The van der Waals surface area contributed by atoms with Gasteiger partial charge in [-0.25, -0.2) is 4.39 Å². The van der Waals surface area contributed by atoms with E-state index in [1.807, 2.05) is 0 Å². The van der Waals surface area contributed by atoms with Crippen LogP contribution in [0.3, 0.4) is 0 Å². The van der Waals surface area contributed by atoms with Gasteiger partial charge in [0, 0.05) is 10.4 Å². The lowest BCUT2D eigenvalue weighted by atomic mass is 9.97. The number of hydrogen-bond acceptors (Lipinski definition) is 2. The maximum atomic E-state index is 13.8. The number of rotatable bonds is 3. The Kier molecular flexibility index (Phi) is 5.01. The van der Waals surface area contributed by atoms with Crippen molar-refractivity contribution in [1.82, 2.24) is 0 Å². The minimum absolute atomic E-state index is 0.0492. The Balaban J connectivity index is 2.10. The molecule has 18 heavy (non-hydrogen) atoms. The third-order valence-corrected chi connectivity index (χ3v) is 4.06. The fourth-order valence-electron chi connectivity index (χ4n) is 2.51. The van der Waals surface area contributed by atoms with Crippen LogP contribution < -0.4 is 10.5 Å². The fraction of sp³-hybridized carbons (Fsp3) is 0.571. The summed E-state index contributed by atoms with van der Waals surface area (Å²) in [5.74, 6) is 0.364. The van der Waals surface area contributed by atoms with Gasteiger partial charge in [0.05, 0.1) is 0 Å². The molecule has 0 bridgehead atoms. The smallest absolute Gasteiger partial charge is 0.166 e. The molecule has 1 saturated carbocycles. The molecule has 0 radical (unpaired) electrons. The van der Waals surface area contributed by atoms with Crippen LogP contribution in [0.15, 0.2) is 22.7 Å². The summed E-state index contributed by atoms with van der Waals surface area (Å²) < 4.78 is 20.3. The first-order valence-corrected chi connectivity index (χ1v) is 7.32. The van der Waals surface area contributed by atoms with E-state index in [1.54, 1.807) is 12.1 Å². The molecular formula is C14H19BrFNO. The zero-order valence-corrected chi connectivity index (χ0v) is 12.0. The zero-order valence-electron chi connectivity index (χ0n) is 10.4. The molecule has 1 fully saturated rings. The molecule has 1 aliphatic carbocycles. The van der Waals surface area contributed by atoms with E-state index in [2.05, 4.69) is 15.9 Å². The lowest BCUT2D eigenvalue weighted by Crippen LogP contribution is -2.31. The molecule has 0 amide bonds. The zero-order chi connectivity index (χ0) is 13.0. The topological polar surface area (TPSA) is 35.2 Å². The van der Waals surface area contributed by atoms with E-state index in [-0.39, 0.29) is 11.9 Å². The molecule has 1 aromatic rings. The van der Waals surface area contributed by atoms with Crippen LogP contribution in [0.4, 0.5) is 4.39 Å². The molecule has 2 nitrogen and oxygen atoms in total. The van der Waals surface area contributed by atoms with Crippen LogP contribution in [-0.4, -0.2) is 12.6 Å². The van der Waals surface area contributed by atoms with Crippen LogP contribution in [0.2, 0.25) is 0 Å². The third-order valence-electron chi connectivity index (χ3n) is 3.56. The fourth-order valence-corrected chi connectivity index (χ4v) is 2.84. The molecule has 0 aromatic heterocycles. The number of ether oxygens (including phenoxy) is 1. The minimum Gasteiger partial charge on any atom is -0.487 e. The first kappa shape index (κ1) is 13.8. The molecule has 0 saturated heterocycles. The van der Waals surface area contributed by atoms with Gasteiger partial charge in [-0.05, 0) is 44.0 Å². The number of halogens is 2. The molecule has 4 heteroatoms. The number of hydrogen-bond donors (Lipinski definition) is 1. The average molecular weight is 316 g/mol. The normalized spacial score (nSPS) is 24.6. The Bertz CT molecular complexity index is 399. The summed E-state index contributed by atoms with van der Waals surface area (Å²) in [5, 5.41) is 0. The van der Waals surface area contributed by atoms with Crippen LogP contribution >= 0.6 is 15.9 Å². The maximum absolute atomic E-state index is 13.8. The Morgan fingerprint density at radius 1 is 1.28 bits per heavy atom. The Morgan fingerprint density at radius 3 is 2.78 bits per heavy atom. The van der Waals surface area contributed by atoms with Gasteiger partial charge in [-0.2, -0.15) is 0 Å². The highest BCUT2D eigenvalue weighted by Gasteiger charge is 2.25. The second-order valence-electron chi connectivity index (χ2n) is 4.86. The first-order valence-electron chi connectivity index (χ1n) is 6.52. The van der Waals surface area contributed by atoms with Gasteiger partial charge < -0.3 is 10.5 Å². The van der Waals surface area contributed by atoms with Crippen molar-refractivity contribution in [2.24, 2.45) is 11.7 Å². The van der Waals surface area contributed by atoms with Crippen LogP contribution in [0.5, 0.6) is 5.75 Å². The highest BCUT2D eigenvalue weighted by molar-refractivity contribution is 9.10. The van der Waals surface area contributed by atoms with Gasteiger partial charge in [0.25, 0.3) is 0 Å². The molecule has 1 aromatic carbocycles. The molecule has 1 aliphatic rings. The molecule has 0 heterocycles. The summed E-state index contributed by atoms with van der Waals surface area (Å²) >= 11 is 3.24. The minimum atomic E-state index is -0.315. The predicted molar refractivity (Wildman–Crippen MR) is 74.1 cm³/mol. The standard InChI is InChI=1S/C14H19BrFNO/c15-11-6-7-14(12(16)8-11)18-13-5-3-1-2-4-10(13)9-17/h6-8,10,13H,1-5,9,17H2. The molecule has 2 unspecified atom stereocenters. The van der Waals surface area contributed by atoms with Gasteiger partial charge in [0.2, 0.25) is 0 Å². The molecule has 0 spiro atoms. The SMILES string of the molecule is NCC1CCCCCC1Oc1ccc(Br)cc1F. The van der Waals surface area contributed by atoms with E-state index >= 15 is 0 Å². The van der Waals surface area contributed by atoms with E-state index in [9.17, 15) is 4.39 Å². The molecule has 2 rings (SSSR count). The summed E-state index contributed by atoms with van der Waals surface area (Å²) in [6.07, 6.45) is 5.66. The van der Waals surface area contributed by atoms with Crippen molar-refractivity contribution >= 4 is 15.9 Å².